The van der Waals surface area contributed by atoms with Gasteiger partial charge < -0.3 is 20.3 Å². The van der Waals surface area contributed by atoms with Crippen molar-refractivity contribution in [1.29, 1.82) is 0 Å². The predicted octanol–water partition coefficient (Wildman–Crippen LogP) is 3.37. The second kappa shape index (κ2) is 7.69. The summed E-state index contributed by atoms with van der Waals surface area (Å²) >= 11 is 0. The van der Waals surface area contributed by atoms with Gasteiger partial charge in [0.1, 0.15) is 17.1 Å². The Balaban J connectivity index is 1.73. The van der Waals surface area contributed by atoms with Crippen LogP contribution in [0.1, 0.15) is 29.2 Å². The molecular formula is C20H17F3N4O3. The van der Waals surface area contributed by atoms with Crippen molar-refractivity contribution in [2.45, 2.75) is 18.9 Å². The van der Waals surface area contributed by atoms with Gasteiger partial charge in [0, 0.05) is 31.5 Å². The maximum atomic E-state index is 15.2. The first-order chi connectivity index (χ1) is 14.4. The van der Waals surface area contributed by atoms with Gasteiger partial charge in [-0.2, -0.15) is 0 Å². The van der Waals surface area contributed by atoms with E-state index >= 15 is 4.39 Å². The Hall–Kier alpha value is -3.56. The maximum Gasteiger partial charge on any atom is 0.341 e. The van der Waals surface area contributed by atoms with Crippen molar-refractivity contribution in [1.82, 2.24) is 9.55 Å². The van der Waals surface area contributed by atoms with Crippen molar-refractivity contribution in [3.63, 3.8) is 0 Å². The summed E-state index contributed by atoms with van der Waals surface area (Å²) in [6.45, 7) is 0.277. The van der Waals surface area contributed by atoms with Crippen LogP contribution in [-0.2, 0) is 0 Å². The van der Waals surface area contributed by atoms with E-state index in [0.29, 0.717) is 18.7 Å². The summed E-state index contributed by atoms with van der Waals surface area (Å²) in [6, 6.07) is 4.94. The molecule has 0 aliphatic heterocycles. The normalized spacial score (nSPS) is 13.4. The highest BCUT2D eigenvalue weighted by molar-refractivity contribution is 5.94. The zero-order valence-corrected chi connectivity index (χ0v) is 15.6. The molecular weight excluding hydrogens is 401 g/mol. The first-order valence-electron chi connectivity index (χ1n) is 9.27. The molecule has 3 N–H and O–H groups in total. The average molecular weight is 418 g/mol. The molecule has 1 saturated carbocycles. The monoisotopic (exact) mass is 418 g/mol. The van der Waals surface area contributed by atoms with Crippen LogP contribution in [0.5, 0.6) is 0 Å². The van der Waals surface area contributed by atoms with Crippen molar-refractivity contribution < 1.29 is 23.1 Å². The van der Waals surface area contributed by atoms with Gasteiger partial charge in [-0.25, -0.2) is 22.9 Å². The van der Waals surface area contributed by atoms with Crippen LogP contribution in [0.15, 0.2) is 35.4 Å². The van der Waals surface area contributed by atoms with Gasteiger partial charge in [-0.15, -0.1) is 0 Å². The number of carbonyl (C=O) groups is 1. The Morgan fingerprint density at radius 2 is 1.87 bits per heavy atom. The van der Waals surface area contributed by atoms with Crippen LogP contribution in [-0.4, -0.2) is 33.7 Å². The molecule has 2 heterocycles. The molecule has 1 fully saturated rings. The number of carboxylic acids is 1. The minimum Gasteiger partial charge on any atom is -0.477 e. The summed E-state index contributed by atoms with van der Waals surface area (Å²) in [6.07, 6.45) is 3.81. The number of nitrogens with zero attached hydrogens (tertiary/aromatic N) is 2. The second-order valence-electron chi connectivity index (χ2n) is 6.92. The number of hydrogen-bond donors (Lipinski definition) is 3. The molecule has 1 aromatic carbocycles. The van der Waals surface area contributed by atoms with E-state index < -0.39 is 51.0 Å². The van der Waals surface area contributed by atoms with Gasteiger partial charge in [0.2, 0.25) is 5.43 Å². The average Bonchev–Trinajstić information content (AvgIpc) is 3.57. The SMILES string of the molecule is O=C(O)c1cn(C2CC2)c2c(F)c(NCCNc3ccccn3)c(F)c(F)c2c1=O. The van der Waals surface area contributed by atoms with E-state index in [0.717, 1.165) is 6.20 Å². The van der Waals surface area contributed by atoms with Crippen LogP contribution in [0.3, 0.4) is 0 Å². The van der Waals surface area contributed by atoms with Crippen molar-refractivity contribution in [3.8, 4) is 0 Å². The third-order valence-corrected chi connectivity index (χ3v) is 4.86. The van der Waals surface area contributed by atoms with E-state index in [1.54, 1.807) is 24.4 Å². The highest BCUT2D eigenvalue weighted by Gasteiger charge is 2.32. The molecule has 0 amide bonds. The second-order valence-corrected chi connectivity index (χ2v) is 6.92. The molecule has 0 atom stereocenters. The van der Waals surface area contributed by atoms with Crippen LogP contribution in [0, 0.1) is 17.5 Å². The fourth-order valence-corrected chi connectivity index (χ4v) is 3.29. The Labute approximate surface area is 168 Å². The number of benzene rings is 1. The third-order valence-electron chi connectivity index (χ3n) is 4.86. The van der Waals surface area contributed by atoms with Crippen molar-refractivity contribution >= 4 is 28.4 Å². The van der Waals surface area contributed by atoms with Crippen LogP contribution in [0.25, 0.3) is 10.9 Å². The number of aromatic nitrogens is 2. The Morgan fingerprint density at radius 1 is 1.13 bits per heavy atom. The lowest BCUT2D eigenvalue weighted by Crippen LogP contribution is -2.22. The Morgan fingerprint density at radius 3 is 2.50 bits per heavy atom. The lowest BCUT2D eigenvalue weighted by molar-refractivity contribution is 0.0694. The number of carboxylic acid groups (broad SMARTS) is 1. The molecule has 0 spiro atoms. The maximum absolute atomic E-state index is 15.2. The molecule has 0 radical (unpaired) electrons. The molecule has 156 valence electrons. The van der Waals surface area contributed by atoms with Gasteiger partial charge in [-0.3, -0.25) is 4.79 Å². The van der Waals surface area contributed by atoms with Gasteiger partial charge in [0.15, 0.2) is 17.5 Å². The van der Waals surface area contributed by atoms with E-state index in [9.17, 15) is 23.5 Å². The molecule has 0 saturated heterocycles. The summed E-state index contributed by atoms with van der Waals surface area (Å²) in [5.74, 6) is -5.30. The molecule has 2 aromatic heterocycles. The summed E-state index contributed by atoms with van der Waals surface area (Å²) in [5.41, 5.74) is -3.13. The minimum atomic E-state index is -1.58. The summed E-state index contributed by atoms with van der Waals surface area (Å²) < 4.78 is 45.8. The Bertz CT molecular complexity index is 1190. The molecule has 3 aromatic rings. The number of anilines is 2. The van der Waals surface area contributed by atoms with Crippen LogP contribution in [0.2, 0.25) is 0 Å². The molecule has 0 unspecified atom stereocenters. The fourth-order valence-electron chi connectivity index (χ4n) is 3.29. The van der Waals surface area contributed by atoms with Gasteiger partial charge in [-0.05, 0) is 25.0 Å². The van der Waals surface area contributed by atoms with Gasteiger partial charge in [-0.1, -0.05) is 6.07 Å². The van der Waals surface area contributed by atoms with E-state index in [-0.39, 0.29) is 19.1 Å². The quantitative estimate of drug-likeness (QED) is 0.402. The number of nitrogens with one attached hydrogen (secondary N) is 2. The van der Waals surface area contributed by atoms with Crippen LogP contribution >= 0.6 is 0 Å². The van der Waals surface area contributed by atoms with Crippen molar-refractivity contribution in [3.05, 3.63) is 63.8 Å². The number of aromatic carboxylic acids is 1. The first kappa shape index (κ1) is 19.7. The van der Waals surface area contributed by atoms with E-state index in [1.165, 1.54) is 4.57 Å². The third kappa shape index (κ3) is 3.44. The van der Waals surface area contributed by atoms with Crippen LogP contribution < -0.4 is 16.1 Å². The summed E-state index contributed by atoms with van der Waals surface area (Å²) in [4.78, 5) is 27.8. The van der Waals surface area contributed by atoms with E-state index in [4.69, 9.17) is 0 Å². The van der Waals surface area contributed by atoms with Crippen molar-refractivity contribution in [2.75, 3.05) is 23.7 Å². The smallest absolute Gasteiger partial charge is 0.341 e. The predicted molar refractivity (Wildman–Crippen MR) is 105 cm³/mol. The zero-order valence-electron chi connectivity index (χ0n) is 15.6. The highest BCUT2D eigenvalue weighted by atomic mass is 19.2. The minimum absolute atomic E-state index is 0.0379. The molecule has 1 aliphatic rings. The van der Waals surface area contributed by atoms with Crippen LogP contribution in [0.4, 0.5) is 24.7 Å². The van der Waals surface area contributed by atoms with Gasteiger partial charge >= 0.3 is 5.97 Å². The van der Waals surface area contributed by atoms with E-state index in [1.807, 2.05) is 0 Å². The molecule has 0 bridgehead atoms. The number of fused-ring (bicyclic) bond motifs is 1. The standard InChI is InChI=1S/C20H17F3N4O3/c21-14-13-18(27(10-4-5-10)9-11(19(13)28)20(29)30)16(23)17(15(14)22)26-8-7-25-12-3-1-2-6-24-12/h1-3,6,9-10,26H,4-5,7-8H2,(H,24,25)(H,29,30). The zero-order chi connectivity index (χ0) is 21.4. The van der Waals surface area contributed by atoms with E-state index in [2.05, 4.69) is 15.6 Å². The molecule has 30 heavy (non-hydrogen) atoms. The molecule has 1 aliphatic carbocycles. The number of pyridine rings is 2. The largest absolute Gasteiger partial charge is 0.477 e. The summed E-state index contributed by atoms with van der Waals surface area (Å²) in [5, 5.41) is 13.8. The number of rotatable bonds is 7. The topological polar surface area (TPSA) is 96.2 Å². The fraction of sp³-hybridized carbons (Fsp3) is 0.250. The van der Waals surface area contributed by atoms with Gasteiger partial charge in [0.05, 0.1) is 10.9 Å². The van der Waals surface area contributed by atoms with Crippen molar-refractivity contribution in [2.24, 2.45) is 0 Å². The summed E-state index contributed by atoms with van der Waals surface area (Å²) in [7, 11) is 0. The lowest BCUT2D eigenvalue weighted by atomic mass is 10.1. The highest BCUT2D eigenvalue weighted by Crippen LogP contribution is 2.39. The lowest BCUT2D eigenvalue weighted by Gasteiger charge is -2.17. The number of halogens is 3. The molecule has 7 nitrogen and oxygen atoms in total. The van der Waals surface area contributed by atoms with Gasteiger partial charge in [0.25, 0.3) is 0 Å². The number of hydrogen-bond acceptors (Lipinski definition) is 5. The molecule has 4 rings (SSSR count). The first-order valence-corrected chi connectivity index (χ1v) is 9.27. The molecule has 10 heteroatoms. The Kier molecular flexibility index (Phi) is 5.06.